The lowest BCUT2D eigenvalue weighted by Crippen LogP contribution is -2.08. The molecule has 3 aromatic rings. The summed E-state index contributed by atoms with van der Waals surface area (Å²) in [5, 5.41) is 0. The Balaban J connectivity index is 1.38. The van der Waals surface area contributed by atoms with Crippen molar-refractivity contribution < 1.29 is 19.0 Å². The van der Waals surface area contributed by atoms with E-state index in [0.717, 1.165) is 48.5 Å². The predicted octanol–water partition coefficient (Wildman–Crippen LogP) is 9.68. The Morgan fingerprint density at radius 3 is 1.85 bits per heavy atom. The van der Waals surface area contributed by atoms with Gasteiger partial charge in [-0.2, -0.15) is 0 Å². The van der Waals surface area contributed by atoms with Crippen LogP contribution < -0.4 is 14.2 Å². The largest absolute Gasteiger partial charge is 0.494 e. The van der Waals surface area contributed by atoms with E-state index in [1.807, 2.05) is 54.6 Å². The Morgan fingerprint density at radius 1 is 0.718 bits per heavy atom. The van der Waals surface area contributed by atoms with Gasteiger partial charge in [0.1, 0.15) is 17.2 Å². The number of carbonyl (C=O) groups is 1. The maximum atomic E-state index is 12.6. The van der Waals surface area contributed by atoms with E-state index in [4.69, 9.17) is 14.2 Å². The molecule has 39 heavy (non-hydrogen) atoms. The molecular weight excluding hydrogens is 484 g/mol. The molecule has 0 heterocycles. The molecule has 3 rings (SSSR count). The van der Waals surface area contributed by atoms with Gasteiger partial charge in [0.25, 0.3) is 0 Å². The number of esters is 1. The van der Waals surface area contributed by atoms with E-state index in [0.29, 0.717) is 23.8 Å². The molecule has 0 saturated heterocycles. The highest BCUT2D eigenvalue weighted by Crippen LogP contribution is 2.24. The first-order valence-corrected chi connectivity index (χ1v) is 14.5. The van der Waals surface area contributed by atoms with Gasteiger partial charge in [0.15, 0.2) is 0 Å². The zero-order chi connectivity index (χ0) is 27.7. The van der Waals surface area contributed by atoms with Crippen molar-refractivity contribution in [2.75, 3.05) is 13.2 Å². The SMILES string of the molecule is C=CCCCCCCCCCOc1ccc(OC(=O)c2ccc(-c3ccc(OCC(C)CC)cc3)cc2)cc1. The molecule has 0 aliphatic rings. The first kappa shape index (κ1) is 30.0. The fourth-order valence-corrected chi connectivity index (χ4v) is 4.13. The lowest BCUT2D eigenvalue weighted by atomic mass is 10.0. The molecule has 1 atom stereocenters. The highest BCUT2D eigenvalue weighted by Gasteiger charge is 2.10. The lowest BCUT2D eigenvalue weighted by molar-refractivity contribution is 0.0734. The van der Waals surface area contributed by atoms with E-state index in [9.17, 15) is 4.79 Å². The third-order valence-corrected chi connectivity index (χ3v) is 6.90. The number of allylic oxidation sites excluding steroid dienone is 1. The summed E-state index contributed by atoms with van der Waals surface area (Å²) in [5.74, 6) is 2.32. The van der Waals surface area contributed by atoms with Crippen LogP contribution in [-0.4, -0.2) is 19.2 Å². The average molecular weight is 529 g/mol. The van der Waals surface area contributed by atoms with Crippen LogP contribution in [0.4, 0.5) is 0 Å². The monoisotopic (exact) mass is 528 g/mol. The fraction of sp³-hybridized carbons (Fsp3) is 0.400. The van der Waals surface area contributed by atoms with Crippen LogP contribution in [0.25, 0.3) is 11.1 Å². The summed E-state index contributed by atoms with van der Waals surface area (Å²) in [6, 6.07) is 22.8. The molecule has 0 aliphatic heterocycles. The average Bonchev–Trinajstić information content (AvgIpc) is 2.98. The molecule has 0 radical (unpaired) electrons. The minimum absolute atomic E-state index is 0.381. The van der Waals surface area contributed by atoms with E-state index >= 15 is 0 Å². The molecule has 4 heteroatoms. The molecule has 4 nitrogen and oxygen atoms in total. The maximum Gasteiger partial charge on any atom is 0.343 e. The van der Waals surface area contributed by atoms with Crippen LogP contribution >= 0.6 is 0 Å². The smallest absolute Gasteiger partial charge is 0.343 e. The van der Waals surface area contributed by atoms with Crippen molar-refractivity contribution in [2.45, 2.75) is 71.6 Å². The highest BCUT2D eigenvalue weighted by molar-refractivity contribution is 5.91. The van der Waals surface area contributed by atoms with Gasteiger partial charge in [-0.25, -0.2) is 4.79 Å². The van der Waals surface area contributed by atoms with Crippen LogP contribution in [0.3, 0.4) is 0 Å². The van der Waals surface area contributed by atoms with Gasteiger partial charge in [-0.3, -0.25) is 0 Å². The summed E-state index contributed by atoms with van der Waals surface area (Å²) >= 11 is 0. The van der Waals surface area contributed by atoms with Crippen molar-refractivity contribution in [1.29, 1.82) is 0 Å². The fourth-order valence-electron chi connectivity index (χ4n) is 4.13. The molecule has 0 amide bonds. The molecule has 0 N–H and O–H groups in total. The van der Waals surface area contributed by atoms with Crippen LogP contribution in [-0.2, 0) is 0 Å². The second kappa shape index (κ2) is 17.1. The topological polar surface area (TPSA) is 44.8 Å². The summed E-state index contributed by atoms with van der Waals surface area (Å²) in [5.41, 5.74) is 2.61. The lowest BCUT2D eigenvalue weighted by Gasteiger charge is -2.11. The third-order valence-electron chi connectivity index (χ3n) is 6.90. The van der Waals surface area contributed by atoms with Crippen molar-refractivity contribution >= 4 is 5.97 Å². The standard InChI is InChI=1S/C35H44O4/c1-4-6-7-8-9-10-11-12-13-26-37-32-22-24-34(25-23-32)39-35(36)31-16-14-29(15-17-31)30-18-20-33(21-19-30)38-27-28(3)5-2/h4,14-25,28H,1,5-13,26-27H2,2-3H3. The highest BCUT2D eigenvalue weighted by atomic mass is 16.5. The first-order chi connectivity index (χ1) is 19.1. The molecule has 0 aromatic heterocycles. The molecule has 3 aromatic carbocycles. The Morgan fingerprint density at radius 2 is 1.23 bits per heavy atom. The second-order valence-corrected chi connectivity index (χ2v) is 10.2. The number of ether oxygens (including phenoxy) is 3. The number of benzene rings is 3. The summed E-state index contributed by atoms with van der Waals surface area (Å²) < 4.78 is 17.2. The summed E-state index contributed by atoms with van der Waals surface area (Å²) in [4.78, 5) is 12.6. The maximum absolute atomic E-state index is 12.6. The van der Waals surface area contributed by atoms with Gasteiger partial charge in [-0.05, 0) is 84.8 Å². The van der Waals surface area contributed by atoms with Crippen LogP contribution in [0.1, 0.15) is 82.0 Å². The van der Waals surface area contributed by atoms with E-state index in [1.165, 1.54) is 38.5 Å². The van der Waals surface area contributed by atoms with Gasteiger partial charge in [0.05, 0.1) is 18.8 Å². The Labute approximate surface area is 235 Å². The molecule has 0 spiro atoms. The van der Waals surface area contributed by atoms with E-state index in [1.54, 1.807) is 24.3 Å². The van der Waals surface area contributed by atoms with Crippen molar-refractivity contribution in [2.24, 2.45) is 5.92 Å². The molecular formula is C35H44O4. The van der Waals surface area contributed by atoms with E-state index in [2.05, 4.69) is 20.4 Å². The van der Waals surface area contributed by atoms with Gasteiger partial charge in [-0.15, -0.1) is 6.58 Å². The predicted molar refractivity (Wildman–Crippen MR) is 161 cm³/mol. The van der Waals surface area contributed by atoms with Gasteiger partial charge in [0, 0.05) is 0 Å². The zero-order valence-electron chi connectivity index (χ0n) is 23.7. The van der Waals surface area contributed by atoms with E-state index in [-0.39, 0.29) is 5.97 Å². The molecule has 208 valence electrons. The van der Waals surface area contributed by atoms with Crippen LogP contribution in [0, 0.1) is 5.92 Å². The van der Waals surface area contributed by atoms with Crippen molar-refractivity contribution in [3.63, 3.8) is 0 Å². The van der Waals surface area contributed by atoms with Crippen molar-refractivity contribution in [3.05, 3.63) is 91.0 Å². The zero-order valence-corrected chi connectivity index (χ0v) is 23.7. The Bertz CT molecular complexity index is 1100. The summed E-state index contributed by atoms with van der Waals surface area (Å²) in [7, 11) is 0. The number of hydrogen-bond acceptors (Lipinski definition) is 4. The molecule has 0 saturated carbocycles. The van der Waals surface area contributed by atoms with Gasteiger partial charge in [-0.1, -0.05) is 82.7 Å². The number of carbonyl (C=O) groups excluding carboxylic acids is 1. The van der Waals surface area contributed by atoms with Crippen molar-refractivity contribution in [1.82, 2.24) is 0 Å². The second-order valence-electron chi connectivity index (χ2n) is 10.2. The minimum atomic E-state index is -0.381. The quantitative estimate of drug-likeness (QED) is 0.0713. The minimum Gasteiger partial charge on any atom is -0.494 e. The molecule has 1 unspecified atom stereocenters. The molecule has 0 bridgehead atoms. The first-order valence-electron chi connectivity index (χ1n) is 14.5. The third kappa shape index (κ3) is 11.0. The number of hydrogen-bond donors (Lipinski definition) is 0. The molecule has 0 fully saturated rings. The summed E-state index contributed by atoms with van der Waals surface area (Å²) in [6.45, 7) is 9.54. The van der Waals surface area contributed by atoms with Crippen LogP contribution in [0.5, 0.6) is 17.2 Å². The van der Waals surface area contributed by atoms with Crippen LogP contribution in [0.15, 0.2) is 85.5 Å². The number of unbranched alkanes of at least 4 members (excludes halogenated alkanes) is 7. The summed E-state index contributed by atoms with van der Waals surface area (Å²) in [6.07, 6.45) is 12.9. The van der Waals surface area contributed by atoms with Gasteiger partial charge in [0.2, 0.25) is 0 Å². The van der Waals surface area contributed by atoms with Crippen LogP contribution in [0.2, 0.25) is 0 Å². The van der Waals surface area contributed by atoms with Crippen molar-refractivity contribution in [3.8, 4) is 28.4 Å². The Kier molecular flexibility index (Phi) is 13.2. The normalized spacial score (nSPS) is 11.5. The van der Waals surface area contributed by atoms with E-state index < -0.39 is 0 Å². The number of rotatable bonds is 18. The molecule has 0 aliphatic carbocycles. The van der Waals surface area contributed by atoms with Gasteiger partial charge >= 0.3 is 5.97 Å². The Hall–Kier alpha value is -3.53. The van der Waals surface area contributed by atoms with Gasteiger partial charge < -0.3 is 14.2 Å².